The molecule has 1 aromatic carbocycles. The van der Waals surface area contributed by atoms with Gasteiger partial charge in [0.25, 0.3) is 0 Å². The van der Waals surface area contributed by atoms with Crippen molar-refractivity contribution in [2.45, 2.75) is 25.4 Å². The predicted octanol–water partition coefficient (Wildman–Crippen LogP) is 1.40. The smallest absolute Gasteiger partial charge is 0.343 e. The summed E-state index contributed by atoms with van der Waals surface area (Å²) in [4.78, 5) is 21.5. The van der Waals surface area contributed by atoms with E-state index >= 15 is 0 Å². The number of nitrogens with zero attached hydrogens (tertiary/aromatic N) is 1. The molecule has 1 aliphatic rings. The molecular formula is C13H16N2O5. The van der Waals surface area contributed by atoms with Gasteiger partial charge in [0.15, 0.2) is 12.4 Å². The lowest BCUT2D eigenvalue weighted by Crippen LogP contribution is -2.16. The number of esters is 1. The summed E-state index contributed by atoms with van der Waals surface area (Å²) in [5.41, 5.74) is 0.665. The first-order chi connectivity index (χ1) is 9.60. The zero-order valence-electron chi connectivity index (χ0n) is 11.1. The summed E-state index contributed by atoms with van der Waals surface area (Å²) in [5, 5.41) is 14.3. The van der Waals surface area contributed by atoms with Gasteiger partial charge in [-0.25, -0.2) is 4.79 Å². The van der Waals surface area contributed by atoms with Crippen molar-refractivity contribution in [2.75, 3.05) is 13.7 Å². The second kappa shape index (κ2) is 6.33. The molecule has 0 spiro atoms. The molecule has 1 aliphatic carbocycles. The van der Waals surface area contributed by atoms with Crippen LogP contribution >= 0.6 is 0 Å². The number of rotatable bonds is 7. The maximum absolute atomic E-state index is 11.0. The van der Waals surface area contributed by atoms with Gasteiger partial charge < -0.3 is 14.8 Å². The normalized spacial score (nSPS) is 13.8. The zero-order chi connectivity index (χ0) is 14.5. The van der Waals surface area contributed by atoms with Crippen LogP contribution in [-0.2, 0) is 16.1 Å². The molecule has 1 fully saturated rings. The van der Waals surface area contributed by atoms with Crippen molar-refractivity contribution in [2.24, 2.45) is 0 Å². The van der Waals surface area contributed by atoms with Gasteiger partial charge in [0, 0.05) is 18.7 Å². The van der Waals surface area contributed by atoms with Crippen molar-refractivity contribution in [3.8, 4) is 5.75 Å². The fourth-order valence-electron chi connectivity index (χ4n) is 1.68. The number of ether oxygens (including phenoxy) is 2. The number of hydrogen-bond acceptors (Lipinski definition) is 6. The highest BCUT2D eigenvalue weighted by molar-refractivity contribution is 5.71. The zero-order valence-corrected chi connectivity index (χ0v) is 11.1. The highest BCUT2D eigenvalue weighted by atomic mass is 16.6. The number of nitro groups is 1. The van der Waals surface area contributed by atoms with E-state index in [2.05, 4.69) is 10.1 Å². The maximum Gasteiger partial charge on any atom is 0.343 e. The number of nitrogens with one attached hydrogen (secondary N) is 1. The van der Waals surface area contributed by atoms with E-state index in [-0.39, 0.29) is 18.0 Å². The van der Waals surface area contributed by atoms with Gasteiger partial charge in [0.2, 0.25) is 0 Å². The maximum atomic E-state index is 11.0. The van der Waals surface area contributed by atoms with Crippen molar-refractivity contribution in [1.82, 2.24) is 5.32 Å². The molecule has 0 amide bonds. The number of methoxy groups -OCH3 is 1. The minimum atomic E-state index is -0.584. The molecule has 0 aromatic heterocycles. The van der Waals surface area contributed by atoms with E-state index in [1.54, 1.807) is 6.07 Å². The molecule has 0 aliphatic heterocycles. The molecule has 108 valence electrons. The molecule has 1 saturated carbocycles. The van der Waals surface area contributed by atoms with Crippen LogP contribution in [0.3, 0.4) is 0 Å². The Kier molecular flexibility index (Phi) is 4.52. The van der Waals surface area contributed by atoms with E-state index in [9.17, 15) is 14.9 Å². The quantitative estimate of drug-likeness (QED) is 0.461. The Morgan fingerprint density at radius 2 is 2.25 bits per heavy atom. The first kappa shape index (κ1) is 14.3. The van der Waals surface area contributed by atoms with Crippen LogP contribution in [0.15, 0.2) is 18.2 Å². The topological polar surface area (TPSA) is 90.7 Å². The van der Waals surface area contributed by atoms with Crippen LogP contribution in [0.25, 0.3) is 0 Å². The Labute approximate surface area is 116 Å². The minimum Gasteiger partial charge on any atom is -0.475 e. The number of nitro benzene ring substituents is 1. The summed E-state index contributed by atoms with van der Waals surface area (Å²) >= 11 is 0. The van der Waals surface area contributed by atoms with Gasteiger partial charge in [-0.3, -0.25) is 10.1 Å². The monoisotopic (exact) mass is 280 g/mol. The SMILES string of the molecule is COC(=O)COc1ccc(CNC2CC2)cc1[N+](=O)[O-]. The lowest BCUT2D eigenvalue weighted by molar-refractivity contribution is -0.385. The molecule has 7 heteroatoms. The van der Waals surface area contributed by atoms with Crippen molar-refractivity contribution in [3.63, 3.8) is 0 Å². The fourth-order valence-corrected chi connectivity index (χ4v) is 1.68. The average Bonchev–Trinajstić information content (AvgIpc) is 3.26. The molecular weight excluding hydrogens is 264 g/mol. The molecule has 0 radical (unpaired) electrons. The molecule has 1 N–H and O–H groups in total. The van der Waals surface area contributed by atoms with E-state index in [0.29, 0.717) is 12.6 Å². The second-order valence-corrected chi connectivity index (χ2v) is 4.58. The Hall–Kier alpha value is -2.15. The van der Waals surface area contributed by atoms with Crippen molar-refractivity contribution >= 4 is 11.7 Å². The number of carbonyl (C=O) groups is 1. The summed E-state index contributed by atoms with van der Waals surface area (Å²) in [6.45, 7) is 0.236. The molecule has 2 rings (SSSR count). The molecule has 20 heavy (non-hydrogen) atoms. The molecule has 0 bridgehead atoms. The first-order valence-corrected chi connectivity index (χ1v) is 6.30. The molecule has 0 saturated heterocycles. The van der Waals surface area contributed by atoms with Crippen molar-refractivity contribution in [3.05, 3.63) is 33.9 Å². The summed E-state index contributed by atoms with van der Waals surface area (Å²) in [7, 11) is 1.23. The standard InChI is InChI=1S/C13H16N2O5/c1-19-13(16)8-20-12-5-2-9(6-11(12)15(17)18)7-14-10-3-4-10/h2,5-6,10,14H,3-4,7-8H2,1H3. The van der Waals surface area contributed by atoms with Gasteiger partial charge in [0.1, 0.15) is 0 Å². The Morgan fingerprint density at radius 1 is 1.50 bits per heavy atom. The van der Waals surface area contributed by atoms with Gasteiger partial charge in [-0.1, -0.05) is 6.07 Å². The van der Waals surface area contributed by atoms with Crippen LogP contribution in [0.5, 0.6) is 5.75 Å². The van der Waals surface area contributed by atoms with Crippen molar-refractivity contribution in [1.29, 1.82) is 0 Å². The lowest BCUT2D eigenvalue weighted by atomic mass is 10.2. The van der Waals surface area contributed by atoms with Gasteiger partial charge in [0.05, 0.1) is 12.0 Å². The van der Waals surface area contributed by atoms with Gasteiger partial charge in [-0.2, -0.15) is 0 Å². The van der Waals surface area contributed by atoms with Gasteiger partial charge in [-0.15, -0.1) is 0 Å². The molecule has 0 unspecified atom stereocenters. The van der Waals surface area contributed by atoms with Crippen LogP contribution in [0, 0.1) is 10.1 Å². The third-order valence-electron chi connectivity index (χ3n) is 2.97. The second-order valence-electron chi connectivity index (χ2n) is 4.58. The van der Waals surface area contributed by atoms with E-state index in [4.69, 9.17) is 4.74 Å². The Bertz CT molecular complexity index is 513. The third kappa shape index (κ3) is 3.92. The van der Waals surface area contributed by atoms with Crippen LogP contribution in [0.2, 0.25) is 0 Å². The summed E-state index contributed by atoms with van der Waals surface area (Å²) < 4.78 is 9.53. The van der Waals surface area contributed by atoms with Gasteiger partial charge >= 0.3 is 11.7 Å². The lowest BCUT2D eigenvalue weighted by Gasteiger charge is -2.08. The molecule has 1 aromatic rings. The van der Waals surface area contributed by atoms with E-state index in [0.717, 1.165) is 18.4 Å². The summed E-state index contributed by atoms with van der Waals surface area (Å²) in [6, 6.07) is 5.24. The first-order valence-electron chi connectivity index (χ1n) is 6.30. The summed E-state index contributed by atoms with van der Waals surface area (Å²) in [6.07, 6.45) is 2.31. The highest BCUT2D eigenvalue weighted by Crippen LogP contribution is 2.28. The van der Waals surface area contributed by atoms with Crippen molar-refractivity contribution < 1.29 is 19.2 Å². The number of carbonyl (C=O) groups excluding carboxylic acids is 1. The average molecular weight is 280 g/mol. The minimum absolute atomic E-state index is 0.0653. The van der Waals surface area contributed by atoms with Gasteiger partial charge in [-0.05, 0) is 24.5 Å². The predicted molar refractivity (Wildman–Crippen MR) is 70.5 cm³/mol. The van der Waals surface area contributed by atoms with Crippen LogP contribution in [-0.4, -0.2) is 30.7 Å². The Morgan fingerprint density at radius 3 is 2.85 bits per heavy atom. The summed E-state index contributed by atoms with van der Waals surface area (Å²) in [5.74, 6) is -0.519. The largest absolute Gasteiger partial charge is 0.475 e. The molecule has 0 atom stereocenters. The fraction of sp³-hybridized carbons (Fsp3) is 0.462. The molecule has 7 nitrogen and oxygen atoms in total. The number of benzene rings is 1. The van der Waals surface area contributed by atoms with E-state index < -0.39 is 10.9 Å². The number of hydrogen-bond donors (Lipinski definition) is 1. The third-order valence-corrected chi connectivity index (χ3v) is 2.97. The van der Waals surface area contributed by atoms with Crippen LogP contribution in [0.1, 0.15) is 18.4 Å². The molecule has 0 heterocycles. The van der Waals surface area contributed by atoms with Crippen LogP contribution in [0.4, 0.5) is 5.69 Å². The highest BCUT2D eigenvalue weighted by Gasteiger charge is 2.21. The van der Waals surface area contributed by atoms with E-state index in [1.165, 1.54) is 19.2 Å². The van der Waals surface area contributed by atoms with E-state index in [1.807, 2.05) is 0 Å². The van der Waals surface area contributed by atoms with Crippen LogP contribution < -0.4 is 10.1 Å². The Balaban J connectivity index is 2.05.